The first-order chi connectivity index (χ1) is 13.1. The van der Waals surface area contributed by atoms with Crippen LogP contribution in [-0.4, -0.2) is 18.1 Å². The molecule has 0 radical (unpaired) electrons. The molecule has 1 aliphatic rings. The van der Waals surface area contributed by atoms with Crippen molar-refractivity contribution in [3.8, 4) is 0 Å². The van der Waals surface area contributed by atoms with Gasteiger partial charge in [0, 0.05) is 28.7 Å². The van der Waals surface area contributed by atoms with Crippen LogP contribution in [0.4, 0.5) is 5.69 Å². The SMILES string of the molecule is C=C(/C=C\[C@@H](C)C(NC)Nc1ccccc1)N(C(=C)CC)C1=CC=CCC1. The largest absolute Gasteiger partial charge is 0.369 e. The molecule has 0 spiro atoms. The summed E-state index contributed by atoms with van der Waals surface area (Å²) >= 11 is 0. The van der Waals surface area contributed by atoms with Crippen LogP contribution in [-0.2, 0) is 0 Å². The summed E-state index contributed by atoms with van der Waals surface area (Å²) in [6.07, 6.45) is 13.9. The highest BCUT2D eigenvalue weighted by molar-refractivity contribution is 5.43. The van der Waals surface area contributed by atoms with Crippen molar-refractivity contribution in [3.05, 3.63) is 91.0 Å². The predicted octanol–water partition coefficient (Wildman–Crippen LogP) is 5.81. The lowest BCUT2D eigenvalue weighted by Crippen LogP contribution is -2.38. The highest BCUT2D eigenvalue weighted by Gasteiger charge is 2.16. The minimum Gasteiger partial charge on any atom is -0.369 e. The van der Waals surface area contributed by atoms with Gasteiger partial charge in [-0.15, -0.1) is 0 Å². The molecule has 0 aromatic heterocycles. The molecule has 0 bridgehead atoms. The molecule has 2 atom stereocenters. The maximum atomic E-state index is 4.31. The van der Waals surface area contributed by atoms with Crippen LogP contribution >= 0.6 is 0 Å². The van der Waals surface area contributed by atoms with Gasteiger partial charge in [-0.05, 0) is 50.6 Å². The monoisotopic (exact) mass is 363 g/mol. The maximum absolute atomic E-state index is 4.31. The smallest absolute Gasteiger partial charge is 0.0827 e. The van der Waals surface area contributed by atoms with Gasteiger partial charge in [0.05, 0.1) is 6.17 Å². The van der Waals surface area contributed by atoms with Gasteiger partial charge in [0.1, 0.15) is 0 Å². The van der Waals surface area contributed by atoms with Gasteiger partial charge in [-0.3, -0.25) is 0 Å². The summed E-state index contributed by atoms with van der Waals surface area (Å²) in [6.45, 7) is 12.9. The van der Waals surface area contributed by atoms with Gasteiger partial charge in [0.15, 0.2) is 0 Å². The van der Waals surface area contributed by atoms with Crippen LogP contribution in [0.3, 0.4) is 0 Å². The van der Waals surface area contributed by atoms with Gasteiger partial charge >= 0.3 is 0 Å². The maximum Gasteiger partial charge on any atom is 0.0827 e. The minimum absolute atomic E-state index is 0.135. The van der Waals surface area contributed by atoms with Crippen molar-refractivity contribution in [2.45, 2.75) is 39.3 Å². The zero-order valence-electron chi connectivity index (χ0n) is 16.9. The minimum atomic E-state index is 0.135. The van der Waals surface area contributed by atoms with Gasteiger partial charge in [-0.2, -0.15) is 0 Å². The number of hydrogen-bond donors (Lipinski definition) is 2. The van der Waals surface area contributed by atoms with Gasteiger partial charge in [0.25, 0.3) is 0 Å². The Kier molecular flexibility index (Phi) is 8.15. The molecule has 1 aromatic carbocycles. The van der Waals surface area contributed by atoms with E-state index in [1.54, 1.807) is 0 Å². The summed E-state index contributed by atoms with van der Waals surface area (Å²) in [5.74, 6) is 0.281. The highest BCUT2D eigenvalue weighted by atomic mass is 15.2. The molecule has 0 saturated heterocycles. The van der Waals surface area contributed by atoms with E-state index in [1.807, 2.05) is 25.2 Å². The van der Waals surface area contributed by atoms with Gasteiger partial charge in [-0.25, -0.2) is 0 Å². The van der Waals surface area contributed by atoms with E-state index in [-0.39, 0.29) is 12.1 Å². The predicted molar refractivity (Wildman–Crippen MR) is 118 cm³/mol. The van der Waals surface area contributed by atoms with E-state index in [1.165, 1.54) is 5.70 Å². The summed E-state index contributed by atoms with van der Waals surface area (Å²) < 4.78 is 0. The van der Waals surface area contributed by atoms with Crippen LogP contribution in [0.1, 0.15) is 33.1 Å². The molecule has 2 N–H and O–H groups in total. The Bertz CT molecular complexity index is 712. The number of para-hydroxylation sites is 1. The van der Waals surface area contributed by atoms with Crippen LogP contribution in [0, 0.1) is 5.92 Å². The van der Waals surface area contributed by atoms with E-state index in [2.05, 4.69) is 85.1 Å². The molecule has 0 amide bonds. The molecule has 3 nitrogen and oxygen atoms in total. The molecule has 1 unspecified atom stereocenters. The Hall–Kier alpha value is -2.52. The van der Waals surface area contributed by atoms with Crippen molar-refractivity contribution in [3.63, 3.8) is 0 Å². The number of nitrogens with one attached hydrogen (secondary N) is 2. The Morgan fingerprint density at radius 2 is 2.00 bits per heavy atom. The topological polar surface area (TPSA) is 27.3 Å². The average molecular weight is 364 g/mol. The van der Waals surface area contributed by atoms with Crippen molar-refractivity contribution >= 4 is 5.69 Å². The van der Waals surface area contributed by atoms with Crippen LogP contribution < -0.4 is 10.6 Å². The Balaban J connectivity index is 2.08. The van der Waals surface area contributed by atoms with Crippen molar-refractivity contribution in [1.82, 2.24) is 10.2 Å². The zero-order valence-corrected chi connectivity index (χ0v) is 16.9. The van der Waals surface area contributed by atoms with Crippen LogP contribution in [0.2, 0.25) is 0 Å². The normalized spacial score (nSPS) is 15.9. The number of benzene rings is 1. The molecule has 1 aliphatic carbocycles. The molecule has 0 fully saturated rings. The zero-order chi connectivity index (χ0) is 19.6. The van der Waals surface area contributed by atoms with Crippen molar-refractivity contribution in [2.24, 2.45) is 5.92 Å². The summed E-state index contributed by atoms with van der Waals surface area (Å²) in [5, 5.41) is 6.89. The van der Waals surface area contributed by atoms with E-state index in [4.69, 9.17) is 0 Å². The van der Waals surface area contributed by atoms with Crippen LogP contribution in [0.25, 0.3) is 0 Å². The standard InChI is InChI=1S/C24H33N3/c1-6-20(3)27(23-15-11-8-12-16-23)21(4)18-17-19(2)24(25-5)26-22-13-9-7-10-14-22/h7-11,13-15,17-19,24-26H,3-4,6,12,16H2,1-2,5H3/b18-17-/t19-,24?/m1/s1. The summed E-state index contributed by atoms with van der Waals surface area (Å²) in [6, 6.07) is 10.3. The molecule has 3 heteroatoms. The molecular weight excluding hydrogens is 330 g/mol. The summed E-state index contributed by atoms with van der Waals surface area (Å²) in [4.78, 5) is 2.20. The van der Waals surface area contributed by atoms with Gasteiger partial charge < -0.3 is 15.5 Å². The number of hydrogen-bond acceptors (Lipinski definition) is 3. The number of rotatable bonds is 10. The quantitative estimate of drug-likeness (QED) is 0.406. The van der Waals surface area contributed by atoms with E-state index in [0.29, 0.717) is 0 Å². The van der Waals surface area contributed by atoms with Crippen molar-refractivity contribution in [1.29, 1.82) is 0 Å². The number of nitrogens with zero attached hydrogens (tertiary/aromatic N) is 1. The fraction of sp³-hybridized carbons (Fsp3) is 0.333. The lowest BCUT2D eigenvalue weighted by atomic mass is 10.1. The van der Waals surface area contributed by atoms with Crippen molar-refractivity contribution in [2.75, 3.05) is 12.4 Å². The molecular formula is C24H33N3. The molecule has 0 aliphatic heterocycles. The van der Waals surface area contributed by atoms with E-state index in [9.17, 15) is 0 Å². The summed E-state index contributed by atoms with van der Waals surface area (Å²) in [7, 11) is 1.98. The summed E-state index contributed by atoms with van der Waals surface area (Å²) in [5.41, 5.74) is 4.41. The van der Waals surface area contributed by atoms with E-state index >= 15 is 0 Å². The molecule has 2 rings (SSSR count). The average Bonchev–Trinajstić information content (AvgIpc) is 2.71. The first-order valence-corrected chi connectivity index (χ1v) is 9.76. The second kappa shape index (κ2) is 10.6. The molecule has 27 heavy (non-hydrogen) atoms. The number of allylic oxidation sites excluding steroid dienone is 6. The van der Waals surface area contributed by atoms with Crippen LogP contribution in [0.5, 0.6) is 0 Å². The lowest BCUT2D eigenvalue weighted by molar-refractivity contribution is 0.493. The van der Waals surface area contributed by atoms with E-state index < -0.39 is 0 Å². The Morgan fingerprint density at radius 1 is 1.26 bits per heavy atom. The second-order valence-corrected chi connectivity index (χ2v) is 6.87. The lowest BCUT2D eigenvalue weighted by Gasteiger charge is -2.30. The third-order valence-corrected chi connectivity index (χ3v) is 4.82. The first kappa shape index (κ1) is 20.8. The van der Waals surface area contributed by atoms with Crippen LogP contribution in [0.15, 0.2) is 91.0 Å². The first-order valence-electron chi connectivity index (χ1n) is 9.76. The molecule has 144 valence electrons. The van der Waals surface area contributed by atoms with Gasteiger partial charge in [0.2, 0.25) is 0 Å². The Labute approximate surface area is 164 Å². The third-order valence-electron chi connectivity index (χ3n) is 4.82. The molecule has 0 heterocycles. The second-order valence-electron chi connectivity index (χ2n) is 6.87. The fourth-order valence-corrected chi connectivity index (χ4v) is 3.15. The Morgan fingerprint density at radius 3 is 2.59 bits per heavy atom. The fourth-order valence-electron chi connectivity index (χ4n) is 3.15. The third kappa shape index (κ3) is 6.00. The highest BCUT2D eigenvalue weighted by Crippen LogP contribution is 2.27. The number of anilines is 1. The van der Waals surface area contributed by atoms with E-state index in [0.717, 1.165) is 36.3 Å². The molecule has 0 saturated carbocycles. The van der Waals surface area contributed by atoms with Gasteiger partial charge in [-0.1, -0.05) is 63.4 Å². The molecule has 1 aromatic rings. The van der Waals surface area contributed by atoms with Crippen molar-refractivity contribution < 1.29 is 0 Å².